The summed E-state index contributed by atoms with van der Waals surface area (Å²) in [5, 5.41) is 37.9. The monoisotopic (exact) mass is 832 g/mol. The van der Waals surface area contributed by atoms with Crippen molar-refractivity contribution in [3.05, 3.63) is 91.0 Å². The molecule has 0 fully saturated rings. The second kappa shape index (κ2) is 17.7. The standard InChI is InChI=1S/C33H26N6O10S3.3Na.H/c1-50(42,43)24-12-20-14-28(52(47,48)49)31(33(41)29(20)26(35)16-24)39-37-23-10-5-18(6-11-23)17-3-8-22(9-4-17)36-38-30-27(51(44,45)46)13-19-2-7-21(34)15-25(19)32(30)40;;;;/h2-16,40-41H,34-35H2,1H3,(H,44,45,46)(H,47,48,49);;;;/q;3*+1;-1. The van der Waals surface area contributed by atoms with E-state index in [1.54, 1.807) is 36.4 Å². The Morgan fingerprint density at radius 1 is 0.564 bits per heavy atom. The average Bonchev–Trinajstić information content (AvgIpc) is 3.06. The van der Waals surface area contributed by atoms with E-state index < -0.39 is 62.7 Å². The van der Waals surface area contributed by atoms with Crippen molar-refractivity contribution >= 4 is 85.7 Å². The summed E-state index contributed by atoms with van der Waals surface area (Å²) in [6.45, 7) is 0. The van der Waals surface area contributed by atoms with Gasteiger partial charge in [-0.15, -0.1) is 10.2 Å². The molecule has 0 aliphatic rings. The largest absolute Gasteiger partial charge is 1.00 e. The normalized spacial score (nSPS) is 12.1. The molecule has 0 saturated heterocycles. The topological polar surface area (TPSA) is 285 Å². The SMILES string of the molecule is CS(=O)(=O)c1cc(N)c2c(O)c(N=Nc3ccc(-c4ccc(N=Nc5c(S(=O)(=O)O)cc6ccc(N)cc6c5O)cc4)cc3)c(S(=O)(=O)O)cc2c1.[H-].[Na+].[Na+].[Na+]. The third-order valence-corrected chi connectivity index (χ3v) is 10.6. The van der Waals surface area contributed by atoms with Crippen LogP contribution in [0.1, 0.15) is 1.43 Å². The second-order valence-electron chi connectivity index (χ2n) is 11.5. The van der Waals surface area contributed by atoms with Crippen molar-refractivity contribution < 1.29 is 135 Å². The summed E-state index contributed by atoms with van der Waals surface area (Å²) in [6, 6.07) is 21.6. The first-order chi connectivity index (χ1) is 24.3. The number of nitrogen functional groups attached to an aromatic ring is 2. The first kappa shape index (κ1) is 46.4. The van der Waals surface area contributed by atoms with Gasteiger partial charge in [0.1, 0.15) is 21.2 Å². The number of nitrogens with zero attached hydrogens (tertiary/aromatic N) is 4. The van der Waals surface area contributed by atoms with Crippen molar-refractivity contribution in [3.63, 3.8) is 0 Å². The third kappa shape index (κ3) is 10.1. The number of sulfone groups is 1. The van der Waals surface area contributed by atoms with Gasteiger partial charge in [0.25, 0.3) is 20.2 Å². The van der Waals surface area contributed by atoms with Crippen LogP contribution in [0.2, 0.25) is 0 Å². The van der Waals surface area contributed by atoms with Crippen molar-refractivity contribution in [2.75, 3.05) is 17.7 Å². The molecule has 8 N–H and O–H groups in total. The Hall–Kier alpha value is -2.99. The molecule has 0 unspecified atom stereocenters. The van der Waals surface area contributed by atoms with Crippen LogP contribution in [0, 0.1) is 0 Å². The van der Waals surface area contributed by atoms with Crippen LogP contribution in [0.25, 0.3) is 32.7 Å². The molecule has 0 saturated carbocycles. The number of hydrogen-bond acceptors (Lipinski definition) is 14. The van der Waals surface area contributed by atoms with Crippen LogP contribution in [-0.4, -0.2) is 50.8 Å². The van der Waals surface area contributed by atoms with Gasteiger partial charge in [-0.3, -0.25) is 9.11 Å². The number of phenols is 2. The van der Waals surface area contributed by atoms with E-state index in [1.807, 2.05) is 0 Å². The summed E-state index contributed by atoms with van der Waals surface area (Å²) < 4.78 is 92.3. The fourth-order valence-electron chi connectivity index (χ4n) is 5.31. The molecule has 0 spiro atoms. The molecule has 268 valence electrons. The molecule has 6 aromatic carbocycles. The Labute approximate surface area is 382 Å². The molecule has 6 rings (SSSR count). The first-order valence-corrected chi connectivity index (χ1v) is 19.4. The summed E-state index contributed by atoms with van der Waals surface area (Å²) in [5.41, 5.74) is 12.8. The van der Waals surface area contributed by atoms with E-state index in [9.17, 15) is 44.6 Å². The van der Waals surface area contributed by atoms with E-state index in [2.05, 4.69) is 20.5 Å². The molecule has 55 heavy (non-hydrogen) atoms. The number of anilines is 2. The summed E-state index contributed by atoms with van der Waals surface area (Å²) in [5.74, 6) is -1.28. The molecule has 16 nitrogen and oxygen atoms in total. The zero-order chi connectivity index (χ0) is 37.7. The molecule has 22 heteroatoms. The Morgan fingerprint density at radius 2 is 1.02 bits per heavy atom. The predicted octanol–water partition coefficient (Wildman–Crippen LogP) is -1.91. The molecule has 0 radical (unpaired) electrons. The molecule has 0 aliphatic carbocycles. The van der Waals surface area contributed by atoms with Crippen LogP contribution in [0.5, 0.6) is 11.5 Å². The summed E-state index contributed by atoms with van der Waals surface area (Å²) >= 11 is 0. The van der Waals surface area contributed by atoms with Gasteiger partial charge in [0, 0.05) is 28.4 Å². The maximum atomic E-state index is 12.2. The van der Waals surface area contributed by atoms with Crippen molar-refractivity contribution in [2.45, 2.75) is 14.7 Å². The van der Waals surface area contributed by atoms with Gasteiger partial charge in [-0.2, -0.15) is 27.1 Å². The molecule has 0 heterocycles. The van der Waals surface area contributed by atoms with E-state index in [1.165, 1.54) is 30.3 Å². The Balaban J connectivity index is 0.00000271. The van der Waals surface area contributed by atoms with E-state index in [4.69, 9.17) is 11.5 Å². The molecule has 0 amide bonds. The predicted molar refractivity (Wildman–Crippen MR) is 194 cm³/mol. The van der Waals surface area contributed by atoms with Gasteiger partial charge in [0.15, 0.2) is 21.3 Å². The van der Waals surface area contributed by atoms with Crippen LogP contribution < -0.4 is 100 Å². The van der Waals surface area contributed by atoms with Gasteiger partial charge in [0.2, 0.25) is 0 Å². The number of hydrogen-bond donors (Lipinski definition) is 6. The minimum absolute atomic E-state index is 0. The van der Waals surface area contributed by atoms with Crippen LogP contribution in [0.3, 0.4) is 0 Å². The molecule has 0 aliphatic heterocycles. The van der Waals surface area contributed by atoms with Crippen molar-refractivity contribution in [1.82, 2.24) is 0 Å². The van der Waals surface area contributed by atoms with Gasteiger partial charge < -0.3 is 23.1 Å². The van der Waals surface area contributed by atoms with Gasteiger partial charge in [-0.05, 0) is 82.6 Å². The van der Waals surface area contributed by atoms with E-state index in [-0.39, 0.29) is 128 Å². The number of aromatic hydroxyl groups is 2. The Bertz CT molecular complexity index is 2870. The van der Waals surface area contributed by atoms with Gasteiger partial charge >= 0.3 is 88.7 Å². The summed E-state index contributed by atoms with van der Waals surface area (Å²) in [7, 11) is -13.5. The maximum Gasteiger partial charge on any atom is 1.00 e. The summed E-state index contributed by atoms with van der Waals surface area (Å²) in [4.78, 5) is -1.69. The maximum absolute atomic E-state index is 12.2. The second-order valence-corrected chi connectivity index (χ2v) is 16.2. The van der Waals surface area contributed by atoms with E-state index in [0.717, 1.165) is 30.5 Å². The zero-order valence-corrected chi connectivity index (χ0v) is 38.0. The third-order valence-electron chi connectivity index (χ3n) is 7.81. The smallest absolute Gasteiger partial charge is 1.00 e. The van der Waals surface area contributed by atoms with Crippen LogP contribution in [-0.2, 0) is 30.1 Å². The fraction of sp³-hybridized carbons (Fsp3) is 0.0303. The molecule has 6 aromatic rings. The van der Waals surface area contributed by atoms with Crippen LogP contribution in [0.15, 0.2) is 126 Å². The number of benzene rings is 6. The quantitative estimate of drug-likeness (QED) is 0.0424. The number of rotatable bonds is 8. The number of azo groups is 2. The van der Waals surface area contributed by atoms with Crippen molar-refractivity contribution in [2.24, 2.45) is 20.5 Å². The minimum atomic E-state index is -4.97. The first-order valence-electron chi connectivity index (χ1n) is 14.6. The molecular weight excluding hydrogens is 806 g/mol. The van der Waals surface area contributed by atoms with Gasteiger partial charge in [-0.1, -0.05) is 30.3 Å². The van der Waals surface area contributed by atoms with Gasteiger partial charge in [-0.25, -0.2) is 8.42 Å². The summed E-state index contributed by atoms with van der Waals surface area (Å²) in [6.07, 6.45) is 0.928. The van der Waals surface area contributed by atoms with Crippen molar-refractivity contribution in [3.8, 4) is 22.6 Å². The number of fused-ring (bicyclic) bond motifs is 2. The zero-order valence-electron chi connectivity index (χ0n) is 30.6. The Kier molecular flexibility index (Phi) is 14.9. The van der Waals surface area contributed by atoms with E-state index in [0.29, 0.717) is 22.2 Å². The average molecular weight is 833 g/mol. The molecule has 0 aromatic heterocycles. The number of phenolic OH excluding ortho intramolecular Hbond substituents is 2. The molecular formula is C33H27N6Na3O10S3+2. The van der Waals surface area contributed by atoms with Crippen LogP contribution >= 0.6 is 0 Å². The number of nitrogens with two attached hydrogens (primary N) is 2. The van der Waals surface area contributed by atoms with Gasteiger partial charge in [0.05, 0.1) is 16.3 Å². The molecule has 0 atom stereocenters. The van der Waals surface area contributed by atoms with E-state index >= 15 is 0 Å². The van der Waals surface area contributed by atoms with Crippen LogP contribution in [0.4, 0.5) is 34.1 Å². The van der Waals surface area contributed by atoms with Crippen molar-refractivity contribution in [1.29, 1.82) is 0 Å². The molecule has 0 bridgehead atoms. The Morgan fingerprint density at radius 3 is 1.47 bits per heavy atom. The fourth-order valence-corrected chi connectivity index (χ4v) is 7.30. The minimum Gasteiger partial charge on any atom is -1.00 e.